The number of hydrogen-bond acceptors (Lipinski definition) is 3. The molecule has 0 atom stereocenters. The molecule has 0 amide bonds. The fraction of sp³-hybridized carbons (Fsp3) is 0.200. The summed E-state index contributed by atoms with van der Waals surface area (Å²) in [5, 5.41) is 2.36. The van der Waals surface area contributed by atoms with Gasteiger partial charge >= 0.3 is 5.97 Å². The van der Waals surface area contributed by atoms with Crippen molar-refractivity contribution in [3.63, 3.8) is 0 Å². The van der Waals surface area contributed by atoms with Crippen LogP contribution in [-0.4, -0.2) is 25.3 Å². The van der Waals surface area contributed by atoms with Gasteiger partial charge in [0.25, 0.3) is 0 Å². The van der Waals surface area contributed by atoms with Crippen molar-refractivity contribution in [1.82, 2.24) is 0 Å². The first kappa shape index (κ1) is 12.3. The van der Waals surface area contributed by atoms with Crippen LogP contribution in [0.25, 0.3) is 10.8 Å². The minimum atomic E-state index is -0.297. The van der Waals surface area contributed by atoms with Gasteiger partial charge in [0.2, 0.25) is 0 Å². The third-order valence-electron chi connectivity index (χ3n) is 2.54. The zero-order valence-corrected chi connectivity index (χ0v) is 10.3. The summed E-state index contributed by atoms with van der Waals surface area (Å²) in [4.78, 5) is 15.2. The molecule has 0 fully saturated rings. The molecule has 18 heavy (non-hydrogen) atoms. The van der Waals surface area contributed by atoms with Gasteiger partial charge in [-0.15, -0.1) is 0 Å². The van der Waals surface area contributed by atoms with Crippen LogP contribution in [0.2, 0.25) is 0 Å². The zero-order chi connectivity index (χ0) is 12.8. The number of carbonyl (C=O) groups is 1. The number of fused-ring (bicyclic) bond motifs is 1. The summed E-state index contributed by atoms with van der Waals surface area (Å²) in [7, 11) is 0. The van der Waals surface area contributed by atoms with Crippen molar-refractivity contribution in [1.29, 1.82) is 0 Å². The van der Waals surface area contributed by atoms with Crippen LogP contribution in [0.4, 0.5) is 0 Å². The third-order valence-corrected chi connectivity index (χ3v) is 2.54. The Bertz CT molecular complexity index is 575. The van der Waals surface area contributed by atoms with Crippen LogP contribution in [0.3, 0.4) is 0 Å². The summed E-state index contributed by atoms with van der Waals surface area (Å²) in [5.74, 6) is -0.297. The summed E-state index contributed by atoms with van der Waals surface area (Å²) in [5.41, 5.74) is 0.984. The molecule has 0 aliphatic heterocycles. The number of benzene rings is 2. The van der Waals surface area contributed by atoms with Crippen LogP contribution in [0, 0.1) is 0 Å². The van der Waals surface area contributed by atoms with Crippen LogP contribution in [-0.2, 0) is 9.53 Å². The Balaban J connectivity index is 2.07. The van der Waals surface area contributed by atoms with E-state index in [1.165, 1.54) is 5.39 Å². The monoisotopic (exact) mass is 241 g/mol. The van der Waals surface area contributed by atoms with Crippen LogP contribution < -0.4 is 0 Å². The summed E-state index contributed by atoms with van der Waals surface area (Å²) < 4.78 is 4.80. The minimum absolute atomic E-state index is 0.0701. The fourth-order valence-electron chi connectivity index (χ4n) is 1.72. The fourth-order valence-corrected chi connectivity index (χ4v) is 1.72. The van der Waals surface area contributed by atoms with Gasteiger partial charge in [-0.2, -0.15) is 0 Å². The van der Waals surface area contributed by atoms with E-state index in [-0.39, 0.29) is 12.5 Å². The molecule has 2 aromatic carbocycles. The molecule has 0 unspecified atom stereocenters. The molecule has 92 valence electrons. The molecule has 0 aliphatic carbocycles. The SMILES string of the molecule is CCOC(=O)CN=Cc1ccc2ccccc2c1. The molecular weight excluding hydrogens is 226 g/mol. The predicted octanol–water partition coefficient (Wildman–Crippen LogP) is 2.82. The summed E-state index contributed by atoms with van der Waals surface area (Å²) in [6.45, 7) is 2.25. The Morgan fingerprint density at radius 3 is 2.78 bits per heavy atom. The lowest BCUT2D eigenvalue weighted by molar-refractivity contribution is -0.141. The Hall–Kier alpha value is -2.16. The molecule has 0 heterocycles. The van der Waals surface area contributed by atoms with E-state index in [9.17, 15) is 4.79 Å². The first-order valence-electron chi connectivity index (χ1n) is 5.94. The summed E-state index contributed by atoms with van der Waals surface area (Å²) in [6, 6.07) is 14.2. The maximum atomic E-state index is 11.1. The highest BCUT2D eigenvalue weighted by Crippen LogP contribution is 2.14. The van der Waals surface area contributed by atoms with Gasteiger partial charge in [0.05, 0.1) is 6.61 Å². The van der Waals surface area contributed by atoms with E-state index in [1.54, 1.807) is 13.1 Å². The molecular formula is C15H15NO2. The molecule has 0 saturated carbocycles. The number of nitrogens with zero attached hydrogens (tertiary/aromatic N) is 1. The van der Waals surface area contributed by atoms with Crippen LogP contribution in [0.5, 0.6) is 0 Å². The standard InChI is InChI=1S/C15H15NO2/c1-2-18-15(17)11-16-10-12-7-8-13-5-3-4-6-14(13)9-12/h3-10H,2,11H2,1H3. The average molecular weight is 241 g/mol. The zero-order valence-electron chi connectivity index (χ0n) is 10.3. The number of aliphatic imine (C=N–C) groups is 1. The highest BCUT2D eigenvalue weighted by atomic mass is 16.5. The minimum Gasteiger partial charge on any atom is -0.465 e. The Kier molecular flexibility index (Phi) is 4.07. The van der Waals surface area contributed by atoms with E-state index in [4.69, 9.17) is 4.74 Å². The van der Waals surface area contributed by atoms with Crippen LogP contribution in [0.15, 0.2) is 47.5 Å². The summed E-state index contributed by atoms with van der Waals surface area (Å²) in [6.07, 6.45) is 1.70. The smallest absolute Gasteiger partial charge is 0.327 e. The van der Waals surface area contributed by atoms with Crippen molar-refractivity contribution in [2.45, 2.75) is 6.92 Å². The molecule has 3 nitrogen and oxygen atoms in total. The molecule has 0 aromatic heterocycles. The van der Waals surface area contributed by atoms with Crippen molar-refractivity contribution in [2.24, 2.45) is 4.99 Å². The first-order chi connectivity index (χ1) is 8.79. The molecule has 0 N–H and O–H groups in total. The maximum absolute atomic E-state index is 11.1. The van der Waals surface area contributed by atoms with E-state index in [2.05, 4.69) is 17.1 Å². The first-order valence-corrected chi connectivity index (χ1v) is 5.94. The van der Waals surface area contributed by atoms with E-state index >= 15 is 0 Å². The number of carbonyl (C=O) groups excluding carboxylic acids is 1. The summed E-state index contributed by atoms with van der Waals surface area (Å²) >= 11 is 0. The van der Waals surface area contributed by atoms with Crippen molar-refractivity contribution < 1.29 is 9.53 Å². The number of esters is 1. The Morgan fingerprint density at radius 1 is 1.22 bits per heavy atom. The quantitative estimate of drug-likeness (QED) is 0.610. The second kappa shape index (κ2) is 5.96. The van der Waals surface area contributed by atoms with Crippen LogP contribution in [0.1, 0.15) is 12.5 Å². The molecule has 0 aliphatic rings. The lowest BCUT2D eigenvalue weighted by Gasteiger charge is -1.99. The number of hydrogen-bond donors (Lipinski definition) is 0. The lowest BCUT2D eigenvalue weighted by Crippen LogP contribution is -2.07. The normalized spacial score (nSPS) is 10.9. The topological polar surface area (TPSA) is 38.7 Å². The predicted molar refractivity (Wildman–Crippen MR) is 73.0 cm³/mol. The highest BCUT2D eigenvalue weighted by Gasteiger charge is 1.97. The molecule has 2 aromatic rings. The average Bonchev–Trinajstić information content (AvgIpc) is 2.39. The van der Waals surface area contributed by atoms with Crippen molar-refractivity contribution in [2.75, 3.05) is 13.2 Å². The van der Waals surface area contributed by atoms with Crippen LogP contribution >= 0.6 is 0 Å². The van der Waals surface area contributed by atoms with E-state index in [1.807, 2.05) is 30.3 Å². The van der Waals surface area contributed by atoms with Crippen molar-refractivity contribution in [3.8, 4) is 0 Å². The molecule has 2 rings (SSSR count). The van der Waals surface area contributed by atoms with Crippen molar-refractivity contribution in [3.05, 3.63) is 48.0 Å². The second-order valence-corrected chi connectivity index (χ2v) is 3.88. The molecule has 0 bridgehead atoms. The molecule has 0 spiro atoms. The van der Waals surface area contributed by atoms with Gasteiger partial charge in [0, 0.05) is 6.21 Å². The largest absolute Gasteiger partial charge is 0.465 e. The third kappa shape index (κ3) is 3.17. The van der Waals surface area contributed by atoms with Gasteiger partial charge in [-0.3, -0.25) is 9.79 Å². The number of ether oxygens (including phenoxy) is 1. The van der Waals surface area contributed by atoms with Gasteiger partial charge in [-0.25, -0.2) is 0 Å². The van der Waals surface area contributed by atoms with E-state index in [0.29, 0.717) is 6.61 Å². The van der Waals surface area contributed by atoms with Gasteiger partial charge in [0.15, 0.2) is 0 Å². The number of rotatable bonds is 4. The Morgan fingerprint density at radius 2 is 2.00 bits per heavy atom. The van der Waals surface area contributed by atoms with Gasteiger partial charge in [0.1, 0.15) is 6.54 Å². The Labute approximate surface area is 106 Å². The highest BCUT2D eigenvalue weighted by molar-refractivity contribution is 5.91. The molecule has 0 saturated heterocycles. The maximum Gasteiger partial charge on any atom is 0.327 e. The molecule has 3 heteroatoms. The van der Waals surface area contributed by atoms with Gasteiger partial charge in [-0.1, -0.05) is 36.4 Å². The van der Waals surface area contributed by atoms with E-state index < -0.39 is 0 Å². The van der Waals surface area contributed by atoms with Gasteiger partial charge in [-0.05, 0) is 29.3 Å². The van der Waals surface area contributed by atoms with Gasteiger partial charge < -0.3 is 4.74 Å². The van der Waals surface area contributed by atoms with E-state index in [0.717, 1.165) is 10.9 Å². The second-order valence-electron chi connectivity index (χ2n) is 3.88. The van der Waals surface area contributed by atoms with Crippen molar-refractivity contribution >= 4 is 23.0 Å². The molecule has 0 radical (unpaired) electrons. The lowest BCUT2D eigenvalue weighted by atomic mass is 10.1.